The lowest BCUT2D eigenvalue weighted by molar-refractivity contribution is 0.415. The number of rotatable bonds is 3. The average molecular weight is 225 g/mol. The Morgan fingerprint density at radius 3 is 2.94 bits per heavy atom. The summed E-state index contributed by atoms with van der Waals surface area (Å²) >= 11 is 0. The number of pyridine rings is 1. The number of nitriles is 1. The zero-order valence-electron chi connectivity index (χ0n) is 9.34. The number of benzene rings is 1. The van der Waals surface area contributed by atoms with E-state index in [1.165, 1.54) is 0 Å². The summed E-state index contributed by atoms with van der Waals surface area (Å²) in [6.45, 7) is 0. The topological polar surface area (TPSA) is 57.9 Å². The molecule has 4 nitrogen and oxygen atoms in total. The molecule has 0 saturated carbocycles. The van der Waals surface area contributed by atoms with E-state index in [1.807, 2.05) is 24.3 Å². The summed E-state index contributed by atoms with van der Waals surface area (Å²) in [7, 11) is 1.62. The Hall–Kier alpha value is -2.54. The van der Waals surface area contributed by atoms with Gasteiger partial charge in [0.1, 0.15) is 11.6 Å². The van der Waals surface area contributed by atoms with Gasteiger partial charge in [0.05, 0.1) is 18.7 Å². The maximum absolute atomic E-state index is 8.78. The van der Waals surface area contributed by atoms with Crippen LogP contribution in [-0.2, 0) is 0 Å². The molecule has 0 fully saturated rings. The molecule has 0 bridgehead atoms. The van der Waals surface area contributed by atoms with Gasteiger partial charge < -0.3 is 10.1 Å². The third-order valence-corrected chi connectivity index (χ3v) is 2.23. The SMILES string of the molecule is COc1cccc(Nc2cc(C#N)ccn2)c1. The monoisotopic (exact) mass is 225 g/mol. The molecule has 1 N–H and O–H groups in total. The van der Waals surface area contributed by atoms with Gasteiger partial charge >= 0.3 is 0 Å². The highest BCUT2D eigenvalue weighted by Crippen LogP contribution is 2.20. The van der Waals surface area contributed by atoms with Crippen molar-refractivity contribution >= 4 is 11.5 Å². The van der Waals surface area contributed by atoms with Crippen LogP contribution in [0.5, 0.6) is 5.75 Å². The highest BCUT2D eigenvalue weighted by molar-refractivity contribution is 5.59. The van der Waals surface area contributed by atoms with E-state index in [1.54, 1.807) is 25.4 Å². The molecule has 1 heterocycles. The molecule has 0 aliphatic rings. The molecule has 0 aliphatic heterocycles. The van der Waals surface area contributed by atoms with Crippen molar-refractivity contribution in [3.8, 4) is 11.8 Å². The predicted molar refractivity (Wildman–Crippen MR) is 65.2 cm³/mol. The number of anilines is 2. The Kier molecular flexibility index (Phi) is 3.22. The minimum absolute atomic E-state index is 0.574. The second-order valence-electron chi connectivity index (χ2n) is 3.40. The van der Waals surface area contributed by atoms with Gasteiger partial charge in [-0.2, -0.15) is 5.26 Å². The second-order valence-corrected chi connectivity index (χ2v) is 3.40. The smallest absolute Gasteiger partial charge is 0.131 e. The summed E-state index contributed by atoms with van der Waals surface area (Å²) < 4.78 is 5.12. The molecule has 0 unspecified atom stereocenters. The van der Waals surface area contributed by atoms with Crippen LogP contribution in [0.25, 0.3) is 0 Å². The largest absolute Gasteiger partial charge is 0.497 e. The first-order chi connectivity index (χ1) is 8.31. The highest BCUT2D eigenvalue weighted by Gasteiger charge is 1.99. The van der Waals surface area contributed by atoms with E-state index < -0.39 is 0 Å². The van der Waals surface area contributed by atoms with Crippen molar-refractivity contribution in [3.63, 3.8) is 0 Å². The zero-order valence-corrected chi connectivity index (χ0v) is 9.34. The molecule has 0 atom stereocenters. The van der Waals surface area contributed by atoms with Crippen LogP contribution in [-0.4, -0.2) is 12.1 Å². The maximum Gasteiger partial charge on any atom is 0.131 e. The summed E-state index contributed by atoms with van der Waals surface area (Å²) in [5.41, 5.74) is 1.44. The lowest BCUT2D eigenvalue weighted by Gasteiger charge is -2.07. The van der Waals surface area contributed by atoms with Crippen LogP contribution in [0.4, 0.5) is 11.5 Å². The summed E-state index contributed by atoms with van der Waals surface area (Å²) in [6.07, 6.45) is 1.60. The first-order valence-electron chi connectivity index (χ1n) is 5.09. The van der Waals surface area contributed by atoms with E-state index in [0.717, 1.165) is 11.4 Å². The van der Waals surface area contributed by atoms with Crippen LogP contribution in [0.15, 0.2) is 42.6 Å². The molecule has 4 heteroatoms. The zero-order chi connectivity index (χ0) is 12.1. The van der Waals surface area contributed by atoms with Gasteiger partial charge in [-0.15, -0.1) is 0 Å². The first-order valence-corrected chi connectivity index (χ1v) is 5.09. The highest BCUT2D eigenvalue weighted by atomic mass is 16.5. The average Bonchev–Trinajstić information content (AvgIpc) is 2.39. The molecule has 0 saturated heterocycles. The quantitative estimate of drug-likeness (QED) is 0.872. The van der Waals surface area contributed by atoms with Gasteiger partial charge in [-0.25, -0.2) is 4.98 Å². The Balaban J connectivity index is 2.22. The van der Waals surface area contributed by atoms with Gasteiger partial charge in [-0.3, -0.25) is 0 Å². The van der Waals surface area contributed by atoms with Crippen molar-refractivity contribution in [3.05, 3.63) is 48.2 Å². The summed E-state index contributed by atoms with van der Waals surface area (Å²) in [4.78, 5) is 4.14. The Bertz CT molecular complexity index is 561. The number of aromatic nitrogens is 1. The number of nitrogens with one attached hydrogen (secondary N) is 1. The Labute approximate surface area is 99.5 Å². The lowest BCUT2D eigenvalue weighted by atomic mass is 10.2. The molecule has 0 spiro atoms. The molecular weight excluding hydrogens is 214 g/mol. The number of hydrogen-bond donors (Lipinski definition) is 1. The molecule has 1 aromatic carbocycles. The summed E-state index contributed by atoms with van der Waals surface area (Å²) in [5, 5.41) is 11.9. The Morgan fingerprint density at radius 2 is 2.18 bits per heavy atom. The van der Waals surface area contributed by atoms with Crippen molar-refractivity contribution < 1.29 is 4.74 Å². The predicted octanol–water partition coefficient (Wildman–Crippen LogP) is 2.71. The van der Waals surface area contributed by atoms with Crippen molar-refractivity contribution in [2.24, 2.45) is 0 Å². The third kappa shape index (κ3) is 2.73. The molecule has 2 rings (SSSR count). The van der Waals surface area contributed by atoms with Crippen LogP contribution in [0.2, 0.25) is 0 Å². The fourth-order valence-corrected chi connectivity index (χ4v) is 1.42. The van der Waals surface area contributed by atoms with Gasteiger partial charge in [0, 0.05) is 18.0 Å². The van der Waals surface area contributed by atoms with Gasteiger partial charge in [-0.1, -0.05) is 6.07 Å². The van der Waals surface area contributed by atoms with Crippen LogP contribution >= 0.6 is 0 Å². The fourth-order valence-electron chi connectivity index (χ4n) is 1.42. The minimum Gasteiger partial charge on any atom is -0.497 e. The van der Waals surface area contributed by atoms with Gasteiger partial charge in [-0.05, 0) is 24.3 Å². The minimum atomic E-state index is 0.574. The molecule has 0 radical (unpaired) electrons. The van der Waals surface area contributed by atoms with Gasteiger partial charge in [0.2, 0.25) is 0 Å². The maximum atomic E-state index is 8.78. The van der Waals surface area contributed by atoms with Crippen LogP contribution in [0.3, 0.4) is 0 Å². The van der Waals surface area contributed by atoms with Gasteiger partial charge in [0.15, 0.2) is 0 Å². The van der Waals surface area contributed by atoms with Crippen LogP contribution in [0.1, 0.15) is 5.56 Å². The molecule has 1 aromatic heterocycles. The molecule has 0 aliphatic carbocycles. The van der Waals surface area contributed by atoms with Crippen molar-refractivity contribution in [2.75, 3.05) is 12.4 Å². The molecule has 0 amide bonds. The van der Waals surface area contributed by atoms with Crippen LogP contribution in [0, 0.1) is 11.3 Å². The van der Waals surface area contributed by atoms with E-state index in [9.17, 15) is 0 Å². The second kappa shape index (κ2) is 4.99. The van der Waals surface area contributed by atoms with Crippen molar-refractivity contribution in [1.29, 1.82) is 5.26 Å². The van der Waals surface area contributed by atoms with E-state index in [2.05, 4.69) is 16.4 Å². The summed E-state index contributed by atoms with van der Waals surface area (Å²) in [6, 6.07) is 12.9. The van der Waals surface area contributed by atoms with Crippen LogP contribution < -0.4 is 10.1 Å². The number of methoxy groups -OCH3 is 1. The third-order valence-electron chi connectivity index (χ3n) is 2.23. The lowest BCUT2D eigenvalue weighted by Crippen LogP contribution is -1.94. The van der Waals surface area contributed by atoms with E-state index in [4.69, 9.17) is 10.00 Å². The normalized spacial score (nSPS) is 9.41. The summed E-state index contributed by atoms with van der Waals surface area (Å²) in [5.74, 6) is 1.41. The first kappa shape index (κ1) is 11.0. The van der Waals surface area contributed by atoms with Crippen molar-refractivity contribution in [2.45, 2.75) is 0 Å². The van der Waals surface area contributed by atoms with Crippen molar-refractivity contribution in [1.82, 2.24) is 4.98 Å². The van der Waals surface area contributed by atoms with Gasteiger partial charge in [0.25, 0.3) is 0 Å². The van der Waals surface area contributed by atoms with E-state index in [-0.39, 0.29) is 0 Å². The number of ether oxygens (including phenoxy) is 1. The molecular formula is C13H11N3O. The molecule has 84 valence electrons. The fraction of sp³-hybridized carbons (Fsp3) is 0.0769. The Morgan fingerprint density at radius 1 is 1.29 bits per heavy atom. The number of nitrogens with zero attached hydrogens (tertiary/aromatic N) is 2. The standard InChI is InChI=1S/C13H11N3O/c1-17-12-4-2-3-11(8-12)16-13-7-10(9-14)5-6-15-13/h2-8H,1H3,(H,15,16). The van der Waals surface area contributed by atoms with E-state index in [0.29, 0.717) is 11.4 Å². The van der Waals surface area contributed by atoms with E-state index >= 15 is 0 Å². The number of hydrogen-bond acceptors (Lipinski definition) is 4. The molecule has 17 heavy (non-hydrogen) atoms. The molecule has 2 aromatic rings.